The summed E-state index contributed by atoms with van der Waals surface area (Å²) in [4.78, 5) is 4.35. The van der Waals surface area contributed by atoms with Gasteiger partial charge in [0.15, 0.2) is 0 Å². The maximum atomic E-state index is 5.58. The van der Waals surface area contributed by atoms with Crippen molar-refractivity contribution in [2.75, 3.05) is 0 Å². The summed E-state index contributed by atoms with van der Waals surface area (Å²) in [5.74, 6) is 1.69. The first-order valence-corrected chi connectivity index (χ1v) is 4.04. The Balaban J connectivity index is 2.26. The lowest BCUT2D eigenvalue weighted by Crippen LogP contribution is -2.27. The normalized spacial score (nSPS) is 33.6. The fraction of sp³-hybridized carbons (Fsp3) is 0.875. The van der Waals surface area contributed by atoms with Crippen LogP contribution in [0.3, 0.4) is 0 Å². The van der Waals surface area contributed by atoms with Gasteiger partial charge in [-0.3, -0.25) is 4.99 Å². The molecular formula is C8H16N2. The van der Waals surface area contributed by atoms with E-state index in [9.17, 15) is 0 Å². The minimum Gasteiger partial charge on any atom is -0.387 e. The van der Waals surface area contributed by atoms with Crippen LogP contribution in [-0.4, -0.2) is 11.9 Å². The van der Waals surface area contributed by atoms with Gasteiger partial charge in [-0.15, -0.1) is 0 Å². The van der Waals surface area contributed by atoms with Gasteiger partial charge in [0.25, 0.3) is 0 Å². The summed E-state index contributed by atoms with van der Waals surface area (Å²) in [6, 6.07) is 0.551. The van der Waals surface area contributed by atoms with Gasteiger partial charge >= 0.3 is 0 Å². The quantitative estimate of drug-likeness (QED) is 0.458. The fourth-order valence-corrected chi connectivity index (χ4v) is 1.29. The molecule has 1 aliphatic carbocycles. The van der Waals surface area contributed by atoms with E-state index in [0.717, 1.165) is 18.2 Å². The van der Waals surface area contributed by atoms with Crippen LogP contribution in [0.4, 0.5) is 0 Å². The zero-order valence-corrected chi connectivity index (χ0v) is 6.80. The van der Waals surface area contributed by atoms with E-state index >= 15 is 0 Å². The summed E-state index contributed by atoms with van der Waals surface area (Å²) in [6.45, 7) is 4.30. The van der Waals surface area contributed by atoms with Crippen molar-refractivity contribution in [3.05, 3.63) is 0 Å². The predicted octanol–water partition coefficient (Wildman–Crippen LogP) is 1.55. The van der Waals surface area contributed by atoms with Crippen molar-refractivity contribution < 1.29 is 0 Å². The molecule has 0 saturated heterocycles. The van der Waals surface area contributed by atoms with Crippen LogP contribution in [0, 0.1) is 5.92 Å². The van der Waals surface area contributed by atoms with E-state index in [2.05, 4.69) is 11.9 Å². The summed E-state index contributed by atoms with van der Waals surface area (Å²) >= 11 is 0. The summed E-state index contributed by atoms with van der Waals surface area (Å²) < 4.78 is 0. The Hall–Kier alpha value is -0.530. The molecule has 1 saturated carbocycles. The van der Waals surface area contributed by atoms with Crippen LogP contribution in [0.15, 0.2) is 4.99 Å². The first-order valence-electron chi connectivity index (χ1n) is 4.04. The summed E-state index contributed by atoms with van der Waals surface area (Å²) in [7, 11) is 0. The van der Waals surface area contributed by atoms with E-state index < -0.39 is 0 Å². The number of rotatable bonds is 2. The van der Waals surface area contributed by atoms with Crippen molar-refractivity contribution in [3.8, 4) is 0 Å². The molecule has 0 atom stereocenters. The average molecular weight is 140 g/mol. The molecule has 1 fully saturated rings. The molecule has 2 heteroatoms. The highest BCUT2D eigenvalue weighted by Gasteiger charge is 2.24. The van der Waals surface area contributed by atoms with Crippen molar-refractivity contribution >= 4 is 5.84 Å². The number of nitrogens with two attached hydrogens (primary N) is 1. The first-order chi connectivity index (χ1) is 4.72. The highest BCUT2D eigenvalue weighted by atomic mass is 14.9. The van der Waals surface area contributed by atoms with Crippen LogP contribution in [0.1, 0.15) is 33.1 Å². The van der Waals surface area contributed by atoms with E-state index in [4.69, 9.17) is 5.73 Å². The van der Waals surface area contributed by atoms with Crippen molar-refractivity contribution in [1.29, 1.82) is 0 Å². The third kappa shape index (κ3) is 1.72. The zero-order valence-electron chi connectivity index (χ0n) is 6.80. The zero-order chi connectivity index (χ0) is 7.56. The molecule has 0 heterocycles. The Labute approximate surface area is 62.5 Å². The molecule has 2 N–H and O–H groups in total. The van der Waals surface area contributed by atoms with Crippen LogP contribution in [-0.2, 0) is 0 Å². The molecule has 0 bridgehead atoms. The van der Waals surface area contributed by atoms with Gasteiger partial charge in [-0.05, 0) is 18.8 Å². The molecule has 10 heavy (non-hydrogen) atoms. The monoisotopic (exact) mass is 140 g/mol. The molecule has 2 nitrogen and oxygen atoms in total. The number of aliphatic imine (C=N–C) groups is 1. The van der Waals surface area contributed by atoms with Crippen LogP contribution in [0.5, 0.6) is 0 Å². The molecule has 0 radical (unpaired) electrons. The third-order valence-corrected chi connectivity index (χ3v) is 2.06. The minimum absolute atomic E-state index is 0.551. The van der Waals surface area contributed by atoms with Gasteiger partial charge in [-0.2, -0.15) is 0 Å². The van der Waals surface area contributed by atoms with E-state index in [1.54, 1.807) is 0 Å². The van der Waals surface area contributed by atoms with Gasteiger partial charge in [0.05, 0.1) is 11.9 Å². The standard InChI is InChI=1S/C8H16N2/c1-3-8(9)10-7-4-6(2)5-7/h6-7H,3-5H2,1-2H3,(H2,9,10). The van der Waals surface area contributed by atoms with Crippen LogP contribution in [0.2, 0.25) is 0 Å². The van der Waals surface area contributed by atoms with Crippen molar-refractivity contribution in [2.45, 2.75) is 39.2 Å². The van der Waals surface area contributed by atoms with Gasteiger partial charge in [-0.25, -0.2) is 0 Å². The molecule has 0 unspecified atom stereocenters. The molecule has 1 rings (SSSR count). The maximum absolute atomic E-state index is 5.58. The molecule has 0 spiro atoms. The molecule has 1 aliphatic rings. The molecule has 58 valence electrons. The first kappa shape index (κ1) is 7.58. The highest BCUT2D eigenvalue weighted by molar-refractivity contribution is 5.80. The largest absolute Gasteiger partial charge is 0.387 e. The molecule has 0 amide bonds. The van der Waals surface area contributed by atoms with Crippen molar-refractivity contribution in [3.63, 3.8) is 0 Å². The Morgan fingerprint density at radius 2 is 2.20 bits per heavy atom. The summed E-state index contributed by atoms with van der Waals surface area (Å²) in [5, 5.41) is 0. The summed E-state index contributed by atoms with van der Waals surface area (Å²) in [6.07, 6.45) is 3.37. The Kier molecular flexibility index (Phi) is 2.30. The molecular weight excluding hydrogens is 124 g/mol. The van der Waals surface area contributed by atoms with Gasteiger partial charge in [0.1, 0.15) is 0 Å². The molecule has 0 aromatic heterocycles. The maximum Gasteiger partial charge on any atom is 0.0937 e. The Morgan fingerprint density at radius 1 is 1.60 bits per heavy atom. The lowest BCUT2D eigenvalue weighted by molar-refractivity contribution is 0.291. The van der Waals surface area contributed by atoms with E-state index in [1.165, 1.54) is 12.8 Å². The lowest BCUT2D eigenvalue weighted by Gasteiger charge is -2.29. The number of hydrogen-bond acceptors (Lipinski definition) is 1. The second kappa shape index (κ2) is 3.04. The highest BCUT2D eigenvalue weighted by Crippen LogP contribution is 2.29. The van der Waals surface area contributed by atoms with Gasteiger partial charge in [0.2, 0.25) is 0 Å². The minimum atomic E-state index is 0.551. The second-order valence-corrected chi connectivity index (χ2v) is 3.20. The SMILES string of the molecule is CCC(N)=NC1CC(C)C1. The molecule has 0 aliphatic heterocycles. The topological polar surface area (TPSA) is 38.4 Å². The predicted molar refractivity (Wildman–Crippen MR) is 44.1 cm³/mol. The third-order valence-electron chi connectivity index (χ3n) is 2.06. The van der Waals surface area contributed by atoms with E-state index in [-0.39, 0.29) is 0 Å². The summed E-state index contributed by atoms with van der Waals surface area (Å²) in [5.41, 5.74) is 5.58. The van der Waals surface area contributed by atoms with Gasteiger partial charge < -0.3 is 5.73 Å². The van der Waals surface area contributed by atoms with Crippen molar-refractivity contribution in [1.82, 2.24) is 0 Å². The van der Waals surface area contributed by atoms with Crippen LogP contribution in [0.25, 0.3) is 0 Å². The number of nitrogens with zero attached hydrogens (tertiary/aromatic N) is 1. The van der Waals surface area contributed by atoms with Gasteiger partial charge in [0, 0.05) is 6.42 Å². The second-order valence-electron chi connectivity index (χ2n) is 3.20. The number of hydrogen-bond donors (Lipinski definition) is 1. The van der Waals surface area contributed by atoms with E-state index in [1.807, 2.05) is 6.92 Å². The molecule has 0 aromatic rings. The lowest BCUT2D eigenvalue weighted by atomic mass is 9.82. The smallest absolute Gasteiger partial charge is 0.0937 e. The Morgan fingerprint density at radius 3 is 2.60 bits per heavy atom. The van der Waals surface area contributed by atoms with Crippen molar-refractivity contribution in [2.24, 2.45) is 16.6 Å². The fourth-order valence-electron chi connectivity index (χ4n) is 1.29. The van der Waals surface area contributed by atoms with Crippen LogP contribution < -0.4 is 5.73 Å². The van der Waals surface area contributed by atoms with Gasteiger partial charge in [-0.1, -0.05) is 13.8 Å². The van der Waals surface area contributed by atoms with E-state index in [0.29, 0.717) is 6.04 Å². The Bertz CT molecular complexity index is 134. The van der Waals surface area contributed by atoms with Crippen LogP contribution >= 0.6 is 0 Å². The molecule has 0 aromatic carbocycles. The number of amidine groups is 1. The average Bonchev–Trinajstić information content (AvgIpc) is 1.84.